The molecule has 0 aliphatic carbocycles. The fraction of sp³-hybridized carbons (Fsp3) is 0.500. The minimum absolute atomic E-state index is 0.143. The van der Waals surface area contributed by atoms with Gasteiger partial charge in [-0.1, -0.05) is 0 Å². The SMILES string of the molecule is CC(Nc1ccc(F)c(NC(=O)OC(C)(C)C)c1)C(F)F. The van der Waals surface area contributed by atoms with Crippen LogP contribution in [0.1, 0.15) is 27.7 Å². The summed E-state index contributed by atoms with van der Waals surface area (Å²) in [6.07, 6.45) is -3.38. The van der Waals surface area contributed by atoms with Crippen molar-refractivity contribution in [2.75, 3.05) is 10.6 Å². The van der Waals surface area contributed by atoms with Gasteiger partial charge in [0.2, 0.25) is 0 Å². The van der Waals surface area contributed by atoms with Crippen LogP contribution in [-0.2, 0) is 4.74 Å². The molecule has 0 aromatic heterocycles. The normalized spacial score (nSPS) is 13.0. The second kappa shape index (κ2) is 6.69. The lowest BCUT2D eigenvalue weighted by Gasteiger charge is -2.20. The number of hydrogen-bond acceptors (Lipinski definition) is 3. The summed E-state index contributed by atoms with van der Waals surface area (Å²) in [7, 11) is 0. The molecule has 1 atom stereocenters. The van der Waals surface area contributed by atoms with E-state index in [1.165, 1.54) is 19.1 Å². The molecule has 7 heteroatoms. The van der Waals surface area contributed by atoms with Crippen molar-refractivity contribution in [3.63, 3.8) is 0 Å². The Morgan fingerprint density at radius 2 is 1.90 bits per heavy atom. The fourth-order valence-electron chi connectivity index (χ4n) is 1.45. The Bertz CT molecular complexity index is 501. The lowest BCUT2D eigenvalue weighted by molar-refractivity contribution is 0.0635. The highest BCUT2D eigenvalue weighted by Crippen LogP contribution is 2.22. The topological polar surface area (TPSA) is 50.4 Å². The number of benzene rings is 1. The quantitative estimate of drug-likeness (QED) is 0.875. The molecule has 2 N–H and O–H groups in total. The van der Waals surface area contributed by atoms with Crippen molar-refractivity contribution in [2.24, 2.45) is 0 Å². The number of hydrogen-bond donors (Lipinski definition) is 2. The molecule has 0 spiro atoms. The molecule has 0 aliphatic rings. The van der Waals surface area contributed by atoms with Crippen LogP contribution in [0.2, 0.25) is 0 Å². The minimum atomic E-state index is -2.56. The first-order valence-corrected chi connectivity index (χ1v) is 6.43. The highest BCUT2D eigenvalue weighted by molar-refractivity contribution is 5.85. The lowest BCUT2D eigenvalue weighted by Crippen LogP contribution is -2.27. The van der Waals surface area contributed by atoms with Crippen LogP contribution in [0.3, 0.4) is 0 Å². The molecule has 1 rings (SSSR count). The Labute approximate surface area is 121 Å². The van der Waals surface area contributed by atoms with Crippen LogP contribution >= 0.6 is 0 Å². The van der Waals surface area contributed by atoms with Gasteiger partial charge in [0.05, 0.1) is 11.7 Å². The molecule has 21 heavy (non-hydrogen) atoms. The highest BCUT2D eigenvalue weighted by Gasteiger charge is 2.18. The van der Waals surface area contributed by atoms with Gasteiger partial charge in [-0.05, 0) is 45.9 Å². The number of amides is 1. The summed E-state index contributed by atoms with van der Waals surface area (Å²) in [6, 6.07) is 2.53. The molecule has 1 amide bonds. The first-order valence-electron chi connectivity index (χ1n) is 6.43. The van der Waals surface area contributed by atoms with Gasteiger partial charge in [-0.15, -0.1) is 0 Å². The third-order valence-corrected chi connectivity index (χ3v) is 2.37. The van der Waals surface area contributed by atoms with Gasteiger partial charge in [-0.2, -0.15) is 0 Å². The Kier molecular flexibility index (Phi) is 5.46. The lowest BCUT2D eigenvalue weighted by atomic mass is 10.2. The van der Waals surface area contributed by atoms with Gasteiger partial charge in [0, 0.05) is 5.69 Å². The molecule has 0 saturated carbocycles. The number of carbonyl (C=O) groups is 1. The fourth-order valence-corrected chi connectivity index (χ4v) is 1.45. The highest BCUT2D eigenvalue weighted by atomic mass is 19.3. The predicted molar refractivity (Wildman–Crippen MR) is 75.3 cm³/mol. The van der Waals surface area contributed by atoms with Crippen LogP contribution in [0.15, 0.2) is 18.2 Å². The van der Waals surface area contributed by atoms with E-state index in [-0.39, 0.29) is 11.4 Å². The molecule has 1 aromatic carbocycles. The second-order valence-corrected chi connectivity index (χ2v) is 5.59. The van der Waals surface area contributed by atoms with Crippen LogP contribution < -0.4 is 10.6 Å². The number of ether oxygens (including phenoxy) is 1. The molecular formula is C14H19F3N2O2. The summed E-state index contributed by atoms with van der Waals surface area (Å²) in [5, 5.41) is 4.77. The van der Waals surface area contributed by atoms with E-state index in [1.807, 2.05) is 0 Å². The number of anilines is 2. The van der Waals surface area contributed by atoms with Gasteiger partial charge in [0.25, 0.3) is 6.43 Å². The third kappa shape index (κ3) is 5.93. The average Bonchev–Trinajstić information content (AvgIpc) is 2.30. The van der Waals surface area contributed by atoms with Crippen molar-refractivity contribution >= 4 is 17.5 Å². The molecule has 0 fully saturated rings. The van der Waals surface area contributed by atoms with Crippen LogP contribution in [0.25, 0.3) is 0 Å². The Morgan fingerprint density at radius 3 is 2.43 bits per heavy atom. The molecule has 118 valence electrons. The molecule has 0 radical (unpaired) electrons. The van der Waals surface area contributed by atoms with Crippen molar-refractivity contribution in [1.29, 1.82) is 0 Å². The maximum absolute atomic E-state index is 13.6. The maximum atomic E-state index is 13.6. The van der Waals surface area contributed by atoms with Gasteiger partial charge >= 0.3 is 6.09 Å². The summed E-state index contributed by atoms with van der Waals surface area (Å²) in [6.45, 7) is 6.32. The number of carbonyl (C=O) groups excluding carboxylic acids is 1. The third-order valence-electron chi connectivity index (χ3n) is 2.37. The van der Waals surface area contributed by atoms with Gasteiger partial charge in [0.1, 0.15) is 11.4 Å². The zero-order valence-electron chi connectivity index (χ0n) is 12.3. The summed E-state index contributed by atoms with van der Waals surface area (Å²) in [4.78, 5) is 11.6. The van der Waals surface area contributed by atoms with Gasteiger partial charge in [-0.25, -0.2) is 18.0 Å². The van der Waals surface area contributed by atoms with Crippen LogP contribution in [0.5, 0.6) is 0 Å². The zero-order chi connectivity index (χ0) is 16.2. The van der Waals surface area contributed by atoms with E-state index in [1.54, 1.807) is 20.8 Å². The first-order chi connectivity index (χ1) is 9.58. The molecule has 1 aromatic rings. The molecular weight excluding hydrogens is 285 g/mol. The van der Waals surface area contributed by atoms with Crippen molar-refractivity contribution in [3.05, 3.63) is 24.0 Å². The smallest absolute Gasteiger partial charge is 0.412 e. The van der Waals surface area contributed by atoms with Gasteiger partial charge in [-0.3, -0.25) is 5.32 Å². The summed E-state index contributed by atoms with van der Waals surface area (Å²) >= 11 is 0. The average molecular weight is 304 g/mol. The zero-order valence-corrected chi connectivity index (χ0v) is 12.3. The van der Waals surface area contributed by atoms with Crippen LogP contribution in [-0.4, -0.2) is 24.2 Å². The van der Waals surface area contributed by atoms with Crippen molar-refractivity contribution < 1.29 is 22.7 Å². The van der Waals surface area contributed by atoms with E-state index in [9.17, 15) is 18.0 Å². The van der Waals surface area contributed by atoms with E-state index in [2.05, 4.69) is 10.6 Å². The van der Waals surface area contributed by atoms with Crippen LogP contribution in [0, 0.1) is 5.82 Å². The number of halogens is 3. The standard InChI is InChI=1S/C14H19F3N2O2/c1-8(12(16)17)18-9-5-6-10(15)11(7-9)19-13(20)21-14(2,3)4/h5-8,12,18H,1-4H3,(H,19,20). The number of alkyl halides is 2. The van der Waals surface area contributed by atoms with E-state index in [0.29, 0.717) is 0 Å². The molecule has 1 unspecified atom stereocenters. The second-order valence-electron chi connectivity index (χ2n) is 5.59. The molecule has 4 nitrogen and oxygen atoms in total. The molecule has 0 saturated heterocycles. The van der Waals surface area contributed by atoms with Crippen molar-refractivity contribution in [2.45, 2.75) is 45.8 Å². The monoisotopic (exact) mass is 304 g/mol. The number of rotatable bonds is 4. The Hall–Kier alpha value is -1.92. The van der Waals surface area contributed by atoms with Gasteiger partial charge in [0.15, 0.2) is 0 Å². The van der Waals surface area contributed by atoms with E-state index in [4.69, 9.17) is 4.74 Å². The largest absolute Gasteiger partial charge is 0.444 e. The summed E-state index contributed by atoms with van der Waals surface area (Å²) in [5.41, 5.74) is -0.591. The Morgan fingerprint density at radius 1 is 1.29 bits per heavy atom. The predicted octanol–water partition coefficient (Wildman–Crippen LogP) is 4.24. The molecule has 0 bridgehead atoms. The summed E-state index contributed by atoms with van der Waals surface area (Å²) in [5.74, 6) is -0.684. The maximum Gasteiger partial charge on any atom is 0.412 e. The minimum Gasteiger partial charge on any atom is -0.444 e. The van der Waals surface area contributed by atoms with Gasteiger partial charge < -0.3 is 10.1 Å². The van der Waals surface area contributed by atoms with Crippen molar-refractivity contribution in [3.8, 4) is 0 Å². The molecule has 0 aliphatic heterocycles. The van der Waals surface area contributed by atoms with E-state index >= 15 is 0 Å². The number of nitrogens with one attached hydrogen (secondary N) is 2. The van der Waals surface area contributed by atoms with Crippen LogP contribution in [0.4, 0.5) is 29.3 Å². The van der Waals surface area contributed by atoms with Crippen molar-refractivity contribution in [1.82, 2.24) is 0 Å². The van der Waals surface area contributed by atoms with E-state index in [0.717, 1.165) is 6.07 Å². The first kappa shape index (κ1) is 17.1. The Balaban J connectivity index is 2.80. The molecule has 0 heterocycles. The summed E-state index contributed by atoms with van der Waals surface area (Å²) < 4.78 is 43.5. The van der Waals surface area contributed by atoms with E-state index < -0.39 is 30.0 Å².